The van der Waals surface area contributed by atoms with Crippen molar-refractivity contribution in [1.82, 2.24) is 5.32 Å². The second-order valence-corrected chi connectivity index (χ2v) is 4.94. The summed E-state index contributed by atoms with van der Waals surface area (Å²) in [4.78, 5) is 13.4. The third-order valence-corrected chi connectivity index (χ3v) is 3.43. The summed E-state index contributed by atoms with van der Waals surface area (Å²) >= 11 is 0. The number of hydrogen-bond donors (Lipinski definition) is 2. The van der Waals surface area contributed by atoms with Crippen molar-refractivity contribution in [2.24, 2.45) is 0 Å². The van der Waals surface area contributed by atoms with Crippen LogP contribution >= 0.6 is 0 Å². The van der Waals surface area contributed by atoms with E-state index in [-0.39, 0.29) is 17.8 Å². The maximum absolute atomic E-state index is 13.1. The zero-order chi connectivity index (χ0) is 13.8. The number of nitrogens with one attached hydrogen (secondary N) is 1. The highest BCUT2D eigenvalue weighted by atomic mass is 19.1. The number of carbonyl (C=O) groups is 1. The number of benzene rings is 1. The molecule has 0 spiro atoms. The van der Waals surface area contributed by atoms with Gasteiger partial charge in [0.2, 0.25) is 5.91 Å². The second kappa shape index (κ2) is 6.02. The van der Waals surface area contributed by atoms with Gasteiger partial charge in [0, 0.05) is 24.8 Å². The van der Waals surface area contributed by atoms with Gasteiger partial charge < -0.3 is 15.3 Å². The predicted molar refractivity (Wildman–Crippen MR) is 71.6 cm³/mol. The Bertz CT molecular complexity index is 465. The molecule has 0 saturated carbocycles. The molecule has 104 valence electrons. The molecule has 1 aliphatic rings. The van der Waals surface area contributed by atoms with E-state index < -0.39 is 6.61 Å². The lowest BCUT2D eigenvalue weighted by molar-refractivity contribution is -0.124. The zero-order valence-electron chi connectivity index (χ0n) is 11.0. The largest absolute Gasteiger partial charge is 0.387 e. The molecule has 0 radical (unpaired) electrons. The Kier molecular flexibility index (Phi) is 4.37. The van der Waals surface area contributed by atoms with Gasteiger partial charge in [0.15, 0.2) is 0 Å². The number of halogens is 1. The normalized spacial score (nSPS) is 19.3. The molecule has 0 aromatic heterocycles. The summed E-state index contributed by atoms with van der Waals surface area (Å²) < 4.78 is 13.1. The van der Waals surface area contributed by atoms with Gasteiger partial charge in [-0.2, -0.15) is 0 Å². The van der Waals surface area contributed by atoms with Crippen LogP contribution in [0.5, 0.6) is 0 Å². The van der Waals surface area contributed by atoms with Crippen LogP contribution < -0.4 is 10.2 Å². The summed E-state index contributed by atoms with van der Waals surface area (Å²) in [6.07, 6.45) is 1.87. The first-order valence-corrected chi connectivity index (χ1v) is 6.51. The predicted octanol–water partition coefficient (Wildman–Crippen LogP) is 1.21. The van der Waals surface area contributed by atoms with Gasteiger partial charge in [0.25, 0.3) is 0 Å². The summed E-state index contributed by atoms with van der Waals surface area (Å²) in [6.45, 7) is 3.00. The molecule has 1 atom stereocenters. The van der Waals surface area contributed by atoms with E-state index in [0.29, 0.717) is 6.54 Å². The lowest BCUT2D eigenvalue weighted by atomic mass is 10.0. The van der Waals surface area contributed by atoms with Gasteiger partial charge in [0.1, 0.15) is 12.4 Å². The minimum atomic E-state index is -0.480. The van der Waals surface area contributed by atoms with Crippen LogP contribution in [0.15, 0.2) is 18.2 Å². The zero-order valence-corrected chi connectivity index (χ0v) is 11.0. The SMILES string of the molecule is Cc1cc(F)ccc1N1CCCC(NC(=O)CO)C1. The van der Waals surface area contributed by atoms with Crippen LogP contribution in [-0.2, 0) is 4.79 Å². The third kappa shape index (κ3) is 3.44. The van der Waals surface area contributed by atoms with E-state index in [0.717, 1.165) is 30.6 Å². The molecule has 1 saturated heterocycles. The van der Waals surface area contributed by atoms with E-state index in [1.807, 2.05) is 6.92 Å². The van der Waals surface area contributed by atoms with Gasteiger partial charge >= 0.3 is 0 Å². The van der Waals surface area contributed by atoms with Crippen molar-refractivity contribution in [1.29, 1.82) is 0 Å². The molecule has 1 heterocycles. The Morgan fingerprint density at radius 3 is 3.05 bits per heavy atom. The standard InChI is InChI=1S/C14H19FN2O2/c1-10-7-11(15)4-5-13(10)17-6-2-3-12(8-17)16-14(19)9-18/h4-5,7,12,18H,2-3,6,8-9H2,1H3,(H,16,19). The summed E-state index contributed by atoms with van der Waals surface area (Å²) in [5.41, 5.74) is 1.90. The molecule has 1 aromatic carbocycles. The molecule has 1 fully saturated rings. The van der Waals surface area contributed by atoms with E-state index in [9.17, 15) is 9.18 Å². The van der Waals surface area contributed by atoms with Crippen LogP contribution in [0.1, 0.15) is 18.4 Å². The maximum atomic E-state index is 13.1. The highest BCUT2D eigenvalue weighted by Gasteiger charge is 2.22. The smallest absolute Gasteiger partial charge is 0.245 e. The fraction of sp³-hybridized carbons (Fsp3) is 0.500. The van der Waals surface area contributed by atoms with Crippen LogP contribution in [0.25, 0.3) is 0 Å². The summed E-state index contributed by atoms with van der Waals surface area (Å²) in [7, 11) is 0. The lowest BCUT2D eigenvalue weighted by Crippen LogP contribution is -2.48. The fourth-order valence-corrected chi connectivity index (χ4v) is 2.56. The van der Waals surface area contributed by atoms with Gasteiger partial charge in [-0.25, -0.2) is 4.39 Å². The van der Waals surface area contributed by atoms with Crippen LogP contribution in [0.3, 0.4) is 0 Å². The second-order valence-electron chi connectivity index (χ2n) is 4.94. The minimum absolute atomic E-state index is 0.0397. The first-order chi connectivity index (χ1) is 9.10. The average molecular weight is 266 g/mol. The molecule has 1 amide bonds. The van der Waals surface area contributed by atoms with Crippen molar-refractivity contribution in [3.63, 3.8) is 0 Å². The molecular weight excluding hydrogens is 247 g/mol. The highest BCUT2D eigenvalue weighted by molar-refractivity contribution is 5.77. The first kappa shape index (κ1) is 13.8. The molecule has 5 heteroatoms. The fourth-order valence-electron chi connectivity index (χ4n) is 2.56. The summed E-state index contributed by atoms with van der Waals surface area (Å²) in [5, 5.41) is 11.6. The third-order valence-electron chi connectivity index (χ3n) is 3.43. The molecule has 2 rings (SSSR count). The van der Waals surface area contributed by atoms with E-state index >= 15 is 0 Å². The quantitative estimate of drug-likeness (QED) is 0.864. The summed E-state index contributed by atoms with van der Waals surface area (Å²) in [5.74, 6) is -0.578. The minimum Gasteiger partial charge on any atom is -0.387 e. The Labute approximate surface area is 112 Å². The van der Waals surface area contributed by atoms with Crippen molar-refractivity contribution >= 4 is 11.6 Å². The highest BCUT2D eigenvalue weighted by Crippen LogP contribution is 2.24. The Hall–Kier alpha value is -1.62. The topological polar surface area (TPSA) is 52.6 Å². The van der Waals surface area contributed by atoms with Crippen LogP contribution in [0.2, 0.25) is 0 Å². The molecule has 4 nitrogen and oxygen atoms in total. The van der Waals surface area contributed by atoms with Crippen LogP contribution in [0, 0.1) is 12.7 Å². The van der Waals surface area contributed by atoms with Gasteiger partial charge in [-0.05, 0) is 43.5 Å². The summed E-state index contributed by atoms with van der Waals surface area (Å²) in [6, 6.07) is 4.79. The molecule has 0 bridgehead atoms. The van der Waals surface area contributed by atoms with E-state index in [1.165, 1.54) is 12.1 Å². The van der Waals surface area contributed by atoms with E-state index in [4.69, 9.17) is 5.11 Å². The Morgan fingerprint density at radius 1 is 1.58 bits per heavy atom. The number of rotatable bonds is 3. The number of carbonyl (C=O) groups excluding carboxylic acids is 1. The molecule has 2 N–H and O–H groups in total. The van der Waals surface area contributed by atoms with Crippen molar-refractivity contribution in [2.45, 2.75) is 25.8 Å². The van der Waals surface area contributed by atoms with Gasteiger partial charge in [-0.3, -0.25) is 4.79 Å². The van der Waals surface area contributed by atoms with Crippen LogP contribution in [-0.4, -0.2) is 36.8 Å². The Balaban J connectivity index is 2.06. The van der Waals surface area contributed by atoms with E-state index in [1.54, 1.807) is 6.07 Å². The lowest BCUT2D eigenvalue weighted by Gasteiger charge is -2.35. The van der Waals surface area contributed by atoms with Crippen molar-refractivity contribution in [3.8, 4) is 0 Å². The van der Waals surface area contributed by atoms with Crippen LogP contribution in [0.4, 0.5) is 10.1 Å². The molecule has 1 unspecified atom stereocenters. The average Bonchev–Trinajstić information content (AvgIpc) is 2.39. The number of anilines is 1. The number of piperidine rings is 1. The monoisotopic (exact) mass is 266 g/mol. The van der Waals surface area contributed by atoms with Crippen molar-refractivity contribution in [3.05, 3.63) is 29.6 Å². The van der Waals surface area contributed by atoms with E-state index in [2.05, 4.69) is 10.2 Å². The van der Waals surface area contributed by atoms with Crippen molar-refractivity contribution < 1.29 is 14.3 Å². The number of aliphatic hydroxyl groups excluding tert-OH is 1. The molecule has 0 aliphatic carbocycles. The Morgan fingerprint density at radius 2 is 2.37 bits per heavy atom. The van der Waals surface area contributed by atoms with Gasteiger partial charge in [-0.15, -0.1) is 0 Å². The molecule has 19 heavy (non-hydrogen) atoms. The maximum Gasteiger partial charge on any atom is 0.245 e. The number of nitrogens with zero attached hydrogens (tertiary/aromatic N) is 1. The molecular formula is C14H19FN2O2. The molecule has 1 aromatic rings. The first-order valence-electron chi connectivity index (χ1n) is 6.51. The van der Waals surface area contributed by atoms with Gasteiger partial charge in [0.05, 0.1) is 0 Å². The number of hydrogen-bond acceptors (Lipinski definition) is 3. The number of aryl methyl sites for hydroxylation is 1. The number of aliphatic hydroxyl groups is 1. The molecule has 1 aliphatic heterocycles. The van der Waals surface area contributed by atoms with Crippen molar-refractivity contribution in [2.75, 3.05) is 24.6 Å². The van der Waals surface area contributed by atoms with Gasteiger partial charge in [-0.1, -0.05) is 0 Å². The number of amides is 1.